The predicted octanol–water partition coefficient (Wildman–Crippen LogP) is 2.95. The molecule has 4 rings (SSSR count). The number of amides is 1. The number of rotatable bonds is 7. The molecule has 1 saturated heterocycles. The Bertz CT molecular complexity index is 1040. The molecule has 0 radical (unpaired) electrons. The first-order valence-electron chi connectivity index (χ1n) is 10.7. The highest BCUT2D eigenvalue weighted by molar-refractivity contribution is 7.09. The number of nitrogens with zero attached hydrogens (tertiary/aromatic N) is 6. The van der Waals surface area contributed by atoms with Crippen LogP contribution in [0, 0.1) is 12.8 Å². The third-order valence-electron chi connectivity index (χ3n) is 5.41. The standard InChI is InChI=1S/C21H27N7O2S/c1-4-17-26-21(30-27-17)16-11-22-13(3)24-19(16)28-8-6-14(7-9-28)20(29)23-10-15-12-31-18(5-2)25-15/h11-12,14H,4-10H2,1-3H3,(H,23,29). The minimum absolute atomic E-state index is 0.0120. The number of hydrogen-bond donors (Lipinski definition) is 1. The van der Waals surface area contributed by atoms with E-state index in [4.69, 9.17) is 4.52 Å². The van der Waals surface area contributed by atoms with Gasteiger partial charge in [0.1, 0.15) is 17.2 Å². The highest BCUT2D eigenvalue weighted by Crippen LogP contribution is 2.30. The zero-order valence-corrected chi connectivity index (χ0v) is 18.9. The number of hydrogen-bond acceptors (Lipinski definition) is 9. The molecule has 9 nitrogen and oxygen atoms in total. The molecule has 1 aliphatic rings. The molecule has 10 heteroatoms. The van der Waals surface area contributed by atoms with Gasteiger partial charge < -0.3 is 14.7 Å². The molecule has 3 aromatic rings. The molecule has 0 atom stereocenters. The van der Waals surface area contributed by atoms with Crippen LogP contribution in [0.5, 0.6) is 0 Å². The van der Waals surface area contributed by atoms with E-state index in [0.717, 1.165) is 54.4 Å². The summed E-state index contributed by atoms with van der Waals surface area (Å²) in [6.45, 7) is 7.87. The topological polar surface area (TPSA) is 110 Å². The zero-order valence-electron chi connectivity index (χ0n) is 18.1. The number of anilines is 1. The lowest BCUT2D eigenvalue weighted by molar-refractivity contribution is -0.125. The van der Waals surface area contributed by atoms with Crippen LogP contribution in [-0.4, -0.2) is 44.1 Å². The van der Waals surface area contributed by atoms with Crippen molar-refractivity contribution in [3.05, 3.63) is 33.9 Å². The Kier molecular flexibility index (Phi) is 6.55. The average molecular weight is 442 g/mol. The fraction of sp³-hybridized carbons (Fsp3) is 0.524. The Morgan fingerprint density at radius 2 is 2.03 bits per heavy atom. The van der Waals surface area contributed by atoms with Gasteiger partial charge in [0.05, 0.1) is 17.2 Å². The second kappa shape index (κ2) is 9.51. The maximum absolute atomic E-state index is 12.7. The zero-order chi connectivity index (χ0) is 21.8. The summed E-state index contributed by atoms with van der Waals surface area (Å²) in [5, 5.41) is 10.1. The van der Waals surface area contributed by atoms with Crippen LogP contribution in [-0.2, 0) is 24.2 Å². The van der Waals surface area contributed by atoms with E-state index >= 15 is 0 Å². The van der Waals surface area contributed by atoms with Gasteiger partial charge in [0.25, 0.3) is 5.89 Å². The van der Waals surface area contributed by atoms with Gasteiger partial charge in [-0.25, -0.2) is 15.0 Å². The molecule has 164 valence electrons. The summed E-state index contributed by atoms with van der Waals surface area (Å²) in [4.78, 5) is 32.7. The highest BCUT2D eigenvalue weighted by atomic mass is 32.1. The van der Waals surface area contributed by atoms with E-state index in [1.54, 1.807) is 17.5 Å². The average Bonchev–Trinajstić information content (AvgIpc) is 3.47. The Morgan fingerprint density at radius 1 is 1.23 bits per heavy atom. The molecule has 0 bridgehead atoms. The summed E-state index contributed by atoms with van der Waals surface area (Å²) in [6.07, 6.45) is 4.88. The second-order valence-corrected chi connectivity index (χ2v) is 8.53. The van der Waals surface area contributed by atoms with Gasteiger partial charge in [-0.1, -0.05) is 19.0 Å². The van der Waals surface area contributed by atoms with Crippen LogP contribution < -0.4 is 10.2 Å². The maximum atomic E-state index is 12.7. The summed E-state index contributed by atoms with van der Waals surface area (Å²) in [5.41, 5.74) is 1.66. The van der Waals surface area contributed by atoms with Crippen molar-refractivity contribution in [1.82, 2.24) is 30.4 Å². The minimum atomic E-state index is -0.0120. The van der Waals surface area contributed by atoms with Crippen LogP contribution in [0.3, 0.4) is 0 Å². The van der Waals surface area contributed by atoms with Gasteiger partial charge in [-0.3, -0.25) is 4.79 Å². The van der Waals surface area contributed by atoms with Gasteiger partial charge in [-0.2, -0.15) is 4.98 Å². The summed E-state index contributed by atoms with van der Waals surface area (Å²) in [7, 11) is 0. The Balaban J connectivity index is 1.39. The second-order valence-electron chi connectivity index (χ2n) is 7.59. The van der Waals surface area contributed by atoms with Gasteiger partial charge in [0.15, 0.2) is 5.82 Å². The molecule has 4 heterocycles. The molecule has 1 fully saturated rings. The Hall–Kier alpha value is -2.88. The van der Waals surface area contributed by atoms with Crippen molar-refractivity contribution in [2.75, 3.05) is 18.0 Å². The number of nitrogens with one attached hydrogen (secondary N) is 1. The molecular formula is C21H27N7O2S. The van der Waals surface area contributed by atoms with E-state index < -0.39 is 0 Å². The molecule has 1 N–H and O–H groups in total. The molecule has 0 unspecified atom stereocenters. The molecule has 3 aromatic heterocycles. The molecule has 31 heavy (non-hydrogen) atoms. The first-order chi connectivity index (χ1) is 15.1. The van der Waals surface area contributed by atoms with Crippen molar-refractivity contribution in [2.24, 2.45) is 5.92 Å². The lowest BCUT2D eigenvalue weighted by atomic mass is 9.95. The quantitative estimate of drug-likeness (QED) is 0.596. The largest absolute Gasteiger partial charge is 0.356 e. The van der Waals surface area contributed by atoms with Crippen LogP contribution >= 0.6 is 11.3 Å². The number of aryl methyl sites for hydroxylation is 3. The fourth-order valence-corrected chi connectivity index (χ4v) is 4.37. The molecule has 0 aromatic carbocycles. The van der Waals surface area contributed by atoms with E-state index in [1.807, 2.05) is 19.2 Å². The smallest absolute Gasteiger partial charge is 0.263 e. The van der Waals surface area contributed by atoms with E-state index in [9.17, 15) is 4.79 Å². The summed E-state index contributed by atoms with van der Waals surface area (Å²) < 4.78 is 5.42. The summed E-state index contributed by atoms with van der Waals surface area (Å²) in [5.74, 6) is 2.64. The van der Waals surface area contributed by atoms with Gasteiger partial charge in [-0.05, 0) is 26.2 Å². The van der Waals surface area contributed by atoms with E-state index in [-0.39, 0.29) is 11.8 Å². The molecule has 0 spiro atoms. The van der Waals surface area contributed by atoms with E-state index in [2.05, 4.69) is 42.2 Å². The third-order valence-corrected chi connectivity index (χ3v) is 6.46. The van der Waals surface area contributed by atoms with Gasteiger partial charge >= 0.3 is 0 Å². The molecule has 1 amide bonds. The van der Waals surface area contributed by atoms with E-state index in [1.165, 1.54) is 0 Å². The van der Waals surface area contributed by atoms with Gasteiger partial charge in [0, 0.05) is 37.0 Å². The predicted molar refractivity (Wildman–Crippen MR) is 118 cm³/mol. The number of aromatic nitrogens is 5. The maximum Gasteiger partial charge on any atom is 0.263 e. The summed E-state index contributed by atoms with van der Waals surface area (Å²) in [6, 6.07) is 0. The van der Waals surface area contributed by atoms with Crippen molar-refractivity contribution in [2.45, 2.75) is 53.0 Å². The lowest BCUT2D eigenvalue weighted by Gasteiger charge is -2.32. The Morgan fingerprint density at radius 3 is 2.71 bits per heavy atom. The van der Waals surface area contributed by atoms with Crippen LogP contribution in [0.25, 0.3) is 11.5 Å². The van der Waals surface area contributed by atoms with Crippen LogP contribution in [0.1, 0.15) is 49.0 Å². The normalized spacial score (nSPS) is 14.7. The molecule has 1 aliphatic heterocycles. The van der Waals surface area contributed by atoms with Gasteiger partial charge in [-0.15, -0.1) is 11.3 Å². The summed E-state index contributed by atoms with van der Waals surface area (Å²) >= 11 is 1.64. The third kappa shape index (κ3) is 4.90. The van der Waals surface area contributed by atoms with Crippen molar-refractivity contribution < 1.29 is 9.32 Å². The van der Waals surface area contributed by atoms with Crippen molar-refractivity contribution in [3.63, 3.8) is 0 Å². The monoisotopic (exact) mass is 441 g/mol. The fourth-order valence-electron chi connectivity index (χ4n) is 3.62. The SMILES string of the molecule is CCc1noc(-c2cnc(C)nc2N2CCC(C(=O)NCc3csc(CC)n3)CC2)n1. The number of carbonyl (C=O) groups excluding carboxylic acids is 1. The van der Waals surface area contributed by atoms with Crippen LogP contribution in [0.15, 0.2) is 16.1 Å². The first-order valence-corrected chi connectivity index (χ1v) is 11.6. The molecular weight excluding hydrogens is 414 g/mol. The number of thiazole rings is 1. The Labute approximate surface area is 185 Å². The first kappa shape index (κ1) is 21.4. The lowest BCUT2D eigenvalue weighted by Crippen LogP contribution is -2.41. The minimum Gasteiger partial charge on any atom is -0.356 e. The van der Waals surface area contributed by atoms with Crippen molar-refractivity contribution >= 4 is 23.1 Å². The molecule has 0 aliphatic carbocycles. The van der Waals surface area contributed by atoms with Crippen LogP contribution in [0.2, 0.25) is 0 Å². The van der Waals surface area contributed by atoms with Crippen LogP contribution in [0.4, 0.5) is 5.82 Å². The van der Waals surface area contributed by atoms with Gasteiger partial charge in [0.2, 0.25) is 5.91 Å². The number of piperidine rings is 1. The van der Waals surface area contributed by atoms with E-state index in [0.29, 0.717) is 30.5 Å². The molecule has 0 saturated carbocycles. The van der Waals surface area contributed by atoms with Crippen molar-refractivity contribution in [3.8, 4) is 11.5 Å². The highest BCUT2D eigenvalue weighted by Gasteiger charge is 2.28. The van der Waals surface area contributed by atoms with Crippen molar-refractivity contribution in [1.29, 1.82) is 0 Å². The number of carbonyl (C=O) groups is 1.